The van der Waals surface area contributed by atoms with Crippen LogP contribution in [0.2, 0.25) is 0 Å². The molecule has 1 aromatic rings. The first-order valence-corrected chi connectivity index (χ1v) is 6.53. The smallest absolute Gasteiger partial charge is 0.142 e. The number of hydrogen-bond acceptors (Lipinski definition) is 4. The van der Waals surface area contributed by atoms with Gasteiger partial charge in [0.05, 0.1) is 6.54 Å². The van der Waals surface area contributed by atoms with Gasteiger partial charge in [-0.3, -0.25) is 4.90 Å². The van der Waals surface area contributed by atoms with Crippen LogP contribution in [-0.2, 0) is 6.54 Å². The summed E-state index contributed by atoms with van der Waals surface area (Å²) in [4.78, 5) is 11.2. The number of rotatable bonds is 4. The Bertz CT molecular complexity index is 327. The Labute approximate surface area is 103 Å². The number of aromatic nitrogens is 2. The van der Waals surface area contributed by atoms with Gasteiger partial charge in [0, 0.05) is 37.6 Å². The van der Waals surface area contributed by atoms with E-state index in [1.54, 1.807) is 0 Å². The molecule has 4 nitrogen and oxygen atoms in total. The van der Waals surface area contributed by atoms with E-state index in [1.165, 1.54) is 12.8 Å². The molecule has 17 heavy (non-hydrogen) atoms. The van der Waals surface area contributed by atoms with Gasteiger partial charge in [-0.1, -0.05) is 13.3 Å². The van der Waals surface area contributed by atoms with Gasteiger partial charge in [-0.2, -0.15) is 0 Å². The van der Waals surface area contributed by atoms with E-state index in [4.69, 9.17) is 0 Å². The number of hydrogen-bond donors (Lipinski definition) is 1. The zero-order valence-electron chi connectivity index (χ0n) is 10.8. The molecule has 94 valence electrons. The molecule has 1 fully saturated rings. The van der Waals surface area contributed by atoms with Crippen LogP contribution in [0.3, 0.4) is 0 Å². The SMILES string of the molecule is CCCC1CNC(C)CN1Cc1ncccn1. The maximum Gasteiger partial charge on any atom is 0.142 e. The number of piperazine rings is 1. The van der Waals surface area contributed by atoms with Crippen LogP contribution < -0.4 is 5.32 Å². The highest BCUT2D eigenvalue weighted by atomic mass is 15.2. The maximum atomic E-state index is 4.32. The largest absolute Gasteiger partial charge is 0.311 e. The van der Waals surface area contributed by atoms with Crippen molar-refractivity contribution in [1.82, 2.24) is 20.2 Å². The van der Waals surface area contributed by atoms with Crippen LogP contribution in [0, 0.1) is 0 Å². The van der Waals surface area contributed by atoms with Gasteiger partial charge in [0.2, 0.25) is 0 Å². The van der Waals surface area contributed by atoms with E-state index in [0.717, 1.165) is 25.5 Å². The second-order valence-electron chi connectivity index (χ2n) is 4.85. The molecule has 0 saturated carbocycles. The summed E-state index contributed by atoms with van der Waals surface area (Å²) < 4.78 is 0. The van der Waals surface area contributed by atoms with Gasteiger partial charge in [-0.05, 0) is 19.4 Å². The fraction of sp³-hybridized carbons (Fsp3) is 0.692. The molecule has 0 aliphatic carbocycles. The van der Waals surface area contributed by atoms with Crippen LogP contribution >= 0.6 is 0 Å². The predicted molar refractivity (Wildman–Crippen MR) is 68.6 cm³/mol. The Kier molecular flexibility index (Phi) is 4.45. The lowest BCUT2D eigenvalue weighted by molar-refractivity contribution is 0.117. The van der Waals surface area contributed by atoms with Gasteiger partial charge in [0.1, 0.15) is 5.82 Å². The van der Waals surface area contributed by atoms with E-state index in [9.17, 15) is 0 Å². The molecule has 0 spiro atoms. The Morgan fingerprint density at radius 1 is 1.41 bits per heavy atom. The standard InChI is InChI=1S/C13H22N4/c1-3-5-12-8-16-11(2)9-17(12)10-13-14-6-4-7-15-13/h4,6-7,11-12,16H,3,5,8-10H2,1-2H3. The average molecular weight is 234 g/mol. The van der Waals surface area contributed by atoms with Gasteiger partial charge in [-0.15, -0.1) is 0 Å². The second kappa shape index (κ2) is 6.07. The minimum Gasteiger partial charge on any atom is -0.311 e. The first-order chi connectivity index (χ1) is 8.29. The van der Waals surface area contributed by atoms with Gasteiger partial charge >= 0.3 is 0 Å². The van der Waals surface area contributed by atoms with Crippen molar-refractivity contribution in [3.8, 4) is 0 Å². The van der Waals surface area contributed by atoms with Crippen LogP contribution in [0.1, 0.15) is 32.5 Å². The van der Waals surface area contributed by atoms with Crippen LogP contribution in [0.15, 0.2) is 18.5 Å². The monoisotopic (exact) mass is 234 g/mol. The van der Waals surface area contributed by atoms with E-state index in [-0.39, 0.29) is 0 Å². The molecule has 1 aliphatic heterocycles. The van der Waals surface area contributed by atoms with Crippen molar-refractivity contribution in [2.24, 2.45) is 0 Å². The van der Waals surface area contributed by atoms with Gasteiger partial charge in [0.15, 0.2) is 0 Å². The molecular formula is C13H22N4. The summed E-state index contributed by atoms with van der Waals surface area (Å²) in [6, 6.07) is 3.06. The molecule has 2 atom stereocenters. The molecule has 0 amide bonds. The van der Waals surface area contributed by atoms with E-state index in [1.807, 2.05) is 18.5 Å². The highest BCUT2D eigenvalue weighted by Gasteiger charge is 2.25. The van der Waals surface area contributed by atoms with E-state index in [0.29, 0.717) is 12.1 Å². The zero-order valence-corrected chi connectivity index (χ0v) is 10.8. The average Bonchev–Trinajstić information content (AvgIpc) is 2.34. The van der Waals surface area contributed by atoms with Crippen LogP contribution in [0.25, 0.3) is 0 Å². The van der Waals surface area contributed by atoms with Gasteiger partial charge in [-0.25, -0.2) is 9.97 Å². The molecule has 2 unspecified atom stereocenters. The third-order valence-electron chi connectivity index (χ3n) is 3.31. The third-order valence-corrected chi connectivity index (χ3v) is 3.31. The minimum atomic E-state index is 0.562. The Morgan fingerprint density at radius 2 is 2.18 bits per heavy atom. The van der Waals surface area contributed by atoms with Crippen molar-refractivity contribution in [3.05, 3.63) is 24.3 Å². The fourth-order valence-corrected chi connectivity index (χ4v) is 2.44. The van der Waals surface area contributed by atoms with Crippen molar-refractivity contribution in [3.63, 3.8) is 0 Å². The molecular weight excluding hydrogens is 212 g/mol. The maximum absolute atomic E-state index is 4.32. The lowest BCUT2D eigenvalue weighted by atomic mass is 10.1. The summed E-state index contributed by atoms with van der Waals surface area (Å²) in [5.41, 5.74) is 0. The van der Waals surface area contributed by atoms with Crippen molar-refractivity contribution < 1.29 is 0 Å². The van der Waals surface area contributed by atoms with Crippen molar-refractivity contribution >= 4 is 0 Å². The van der Waals surface area contributed by atoms with E-state index < -0.39 is 0 Å². The molecule has 0 bridgehead atoms. The molecule has 1 saturated heterocycles. The summed E-state index contributed by atoms with van der Waals surface area (Å²) in [6.07, 6.45) is 6.12. The van der Waals surface area contributed by atoms with E-state index >= 15 is 0 Å². The van der Waals surface area contributed by atoms with E-state index in [2.05, 4.69) is 34.0 Å². The molecule has 0 radical (unpaired) electrons. The second-order valence-corrected chi connectivity index (χ2v) is 4.85. The lowest BCUT2D eigenvalue weighted by Gasteiger charge is -2.39. The molecule has 1 N–H and O–H groups in total. The molecule has 2 heterocycles. The summed E-state index contributed by atoms with van der Waals surface area (Å²) in [5, 5.41) is 3.55. The van der Waals surface area contributed by atoms with Crippen molar-refractivity contribution in [2.75, 3.05) is 13.1 Å². The Balaban J connectivity index is 1.99. The van der Waals surface area contributed by atoms with Crippen LogP contribution in [0.4, 0.5) is 0 Å². The Hall–Kier alpha value is -1.00. The molecule has 2 rings (SSSR count). The summed E-state index contributed by atoms with van der Waals surface area (Å²) in [7, 11) is 0. The normalized spacial score (nSPS) is 26.0. The first-order valence-electron chi connectivity index (χ1n) is 6.53. The third kappa shape index (κ3) is 3.48. The molecule has 1 aromatic heterocycles. The summed E-state index contributed by atoms with van der Waals surface area (Å²) in [6.45, 7) is 7.53. The fourth-order valence-electron chi connectivity index (χ4n) is 2.44. The van der Waals surface area contributed by atoms with Crippen molar-refractivity contribution in [2.45, 2.75) is 45.3 Å². The summed E-state index contributed by atoms with van der Waals surface area (Å²) >= 11 is 0. The zero-order chi connectivity index (χ0) is 12.1. The predicted octanol–water partition coefficient (Wildman–Crippen LogP) is 1.44. The summed E-state index contributed by atoms with van der Waals surface area (Å²) in [5.74, 6) is 0.933. The highest BCUT2D eigenvalue weighted by Crippen LogP contribution is 2.14. The van der Waals surface area contributed by atoms with Gasteiger partial charge < -0.3 is 5.32 Å². The van der Waals surface area contributed by atoms with Crippen molar-refractivity contribution in [1.29, 1.82) is 0 Å². The first kappa shape index (κ1) is 12.5. The number of nitrogens with zero attached hydrogens (tertiary/aromatic N) is 3. The lowest BCUT2D eigenvalue weighted by Crippen LogP contribution is -2.55. The topological polar surface area (TPSA) is 41.0 Å². The molecule has 0 aromatic carbocycles. The quantitative estimate of drug-likeness (QED) is 0.856. The molecule has 4 heteroatoms. The minimum absolute atomic E-state index is 0.562. The van der Waals surface area contributed by atoms with Crippen LogP contribution in [0.5, 0.6) is 0 Å². The highest BCUT2D eigenvalue weighted by molar-refractivity contribution is 4.92. The van der Waals surface area contributed by atoms with Gasteiger partial charge in [0.25, 0.3) is 0 Å². The van der Waals surface area contributed by atoms with Crippen LogP contribution in [-0.4, -0.2) is 40.0 Å². The number of nitrogens with one attached hydrogen (secondary N) is 1. The molecule has 1 aliphatic rings. The Morgan fingerprint density at radius 3 is 2.88 bits per heavy atom.